The van der Waals surface area contributed by atoms with Crippen molar-refractivity contribution >= 4 is 28.4 Å². The Morgan fingerprint density at radius 3 is 2.55 bits per heavy atom. The SMILES string of the molecule is Fc1ccccc1COc1ccc2ccccc2c1C=Nc1ccc([C@@H]2Nc3ccccc3[C@H]3C=CC[C@H]32)cc1. The first-order valence-electron chi connectivity index (χ1n) is 13.8. The van der Waals surface area contributed by atoms with Gasteiger partial charge in [0.2, 0.25) is 0 Å². The van der Waals surface area contributed by atoms with Crippen LogP contribution >= 0.6 is 0 Å². The van der Waals surface area contributed by atoms with Crippen molar-refractivity contribution in [2.75, 3.05) is 5.32 Å². The summed E-state index contributed by atoms with van der Waals surface area (Å²) in [4.78, 5) is 4.84. The highest BCUT2D eigenvalue weighted by atomic mass is 19.1. The first kappa shape index (κ1) is 24.3. The van der Waals surface area contributed by atoms with Gasteiger partial charge in [-0.2, -0.15) is 0 Å². The molecule has 2 aliphatic rings. The number of hydrogen-bond acceptors (Lipinski definition) is 3. The van der Waals surface area contributed by atoms with Gasteiger partial charge < -0.3 is 10.1 Å². The first-order valence-corrected chi connectivity index (χ1v) is 13.8. The minimum absolute atomic E-state index is 0.148. The summed E-state index contributed by atoms with van der Waals surface area (Å²) in [6.07, 6.45) is 7.63. The Hall–Kier alpha value is -4.70. The number of aliphatic imine (C=N–C) groups is 1. The second-order valence-electron chi connectivity index (χ2n) is 10.5. The van der Waals surface area contributed by atoms with Crippen LogP contribution in [0, 0.1) is 11.7 Å². The number of ether oxygens (including phenoxy) is 1. The van der Waals surface area contributed by atoms with Gasteiger partial charge in [0.05, 0.1) is 11.7 Å². The normalized spacial score (nSPS) is 19.4. The molecular formula is C36H29FN2O. The van der Waals surface area contributed by atoms with Crippen LogP contribution in [0.2, 0.25) is 0 Å². The molecular weight excluding hydrogens is 495 g/mol. The fourth-order valence-corrected chi connectivity index (χ4v) is 6.09. The number of hydrogen-bond donors (Lipinski definition) is 1. The molecule has 40 heavy (non-hydrogen) atoms. The Labute approximate surface area is 233 Å². The molecule has 1 heterocycles. The van der Waals surface area contributed by atoms with E-state index in [0.717, 1.165) is 28.4 Å². The van der Waals surface area contributed by atoms with Gasteiger partial charge in [-0.15, -0.1) is 0 Å². The van der Waals surface area contributed by atoms with E-state index in [-0.39, 0.29) is 18.5 Å². The third-order valence-corrected chi connectivity index (χ3v) is 8.14. The lowest BCUT2D eigenvalue weighted by Gasteiger charge is -2.37. The fourth-order valence-electron chi connectivity index (χ4n) is 6.09. The monoisotopic (exact) mass is 524 g/mol. The van der Waals surface area contributed by atoms with Crippen LogP contribution in [-0.4, -0.2) is 6.21 Å². The molecule has 3 nitrogen and oxygen atoms in total. The van der Waals surface area contributed by atoms with Crippen LogP contribution in [0.4, 0.5) is 15.8 Å². The smallest absolute Gasteiger partial charge is 0.129 e. The summed E-state index contributed by atoms with van der Waals surface area (Å²) in [5.41, 5.74) is 6.15. The minimum atomic E-state index is -0.269. The Kier molecular flexibility index (Phi) is 6.37. The molecule has 0 aromatic heterocycles. The summed E-state index contributed by atoms with van der Waals surface area (Å²) >= 11 is 0. The van der Waals surface area contributed by atoms with Crippen molar-refractivity contribution in [2.45, 2.75) is 25.0 Å². The number of anilines is 1. The Morgan fingerprint density at radius 2 is 1.65 bits per heavy atom. The molecule has 5 aromatic carbocycles. The highest BCUT2D eigenvalue weighted by Crippen LogP contribution is 2.49. The summed E-state index contributed by atoms with van der Waals surface area (Å²) in [7, 11) is 0. The largest absolute Gasteiger partial charge is 0.488 e. The van der Waals surface area contributed by atoms with Crippen LogP contribution in [0.25, 0.3) is 10.8 Å². The number of allylic oxidation sites excluding steroid dienone is 2. The maximum Gasteiger partial charge on any atom is 0.129 e. The zero-order valence-electron chi connectivity index (χ0n) is 22.0. The van der Waals surface area contributed by atoms with Crippen molar-refractivity contribution in [2.24, 2.45) is 10.9 Å². The third-order valence-electron chi connectivity index (χ3n) is 8.14. The van der Waals surface area contributed by atoms with Crippen molar-refractivity contribution < 1.29 is 9.13 Å². The van der Waals surface area contributed by atoms with Gasteiger partial charge in [0.1, 0.15) is 18.2 Å². The Bertz CT molecular complexity index is 1740. The lowest BCUT2D eigenvalue weighted by Crippen LogP contribution is -2.28. The predicted octanol–water partition coefficient (Wildman–Crippen LogP) is 9.13. The maximum absolute atomic E-state index is 14.2. The summed E-state index contributed by atoms with van der Waals surface area (Å²) < 4.78 is 20.3. The van der Waals surface area contributed by atoms with Crippen LogP contribution in [0.15, 0.2) is 126 Å². The molecule has 3 atom stereocenters. The van der Waals surface area contributed by atoms with Crippen LogP contribution < -0.4 is 10.1 Å². The van der Waals surface area contributed by atoms with Crippen LogP contribution in [0.3, 0.4) is 0 Å². The van der Waals surface area contributed by atoms with Gasteiger partial charge in [0, 0.05) is 28.9 Å². The number of para-hydroxylation sites is 1. The molecule has 4 heteroatoms. The number of halogens is 1. The Balaban J connectivity index is 1.16. The molecule has 1 aliphatic carbocycles. The molecule has 0 amide bonds. The zero-order valence-corrected chi connectivity index (χ0v) is 22.0. The van der Waals surface area contributed by atoms with Gasteiger partial charge in [-0.1, -0.05) is 91.0 Å². The van der Waals surface area contributed by atoms with Crippen LogP contribution in [0.1, 0.15) is 40.6 Å². The maximum atomic E-state index is 14.2. The van der Waals surface area contributed by atoms with Gasteiger partial charge in [-0.3, -0.25) is 4.99 Å². The van der Waals surface area contributed by atoms with Crippen molar-refractivity contribution in [3.8, 4) is 5.75 Å². The minimum Gasteiger partial charge on any atom is -0.488 e. The molecule has 0 radical (unpaired) electrons. The molecule has 0 unspecified atom stereocenters. The molecule has 0 saturated heterocycles. The lowest BCUT2D eigenvalue weighted by molar-refractivity contribution is 0.300. The van der Waals surface area contributed by atoms with Crippen molar-refractivity contribution in [3.63, 3.8) is 0 Å². The average molecular weight is 525 g/mol. The van der Waals surface area contributed by atoms with Crippen molar-refractivity contribution in [1.29, 1.82) is 0 Å². The van der Waals surface area contributed by atoms with Gasteiger partial charge in [-0.05, 0) is 64.6 Å². The van der Waals surface area contributed by atoms with Gasteiger partial charge >= 0.3 is 0 Å². The van der Waals surface area contributed by atoms with Crippen molar-refractivity contribution in [1.82, 2.24) is 0 Å². The molecule has 196 valence electrons. The predicted molar refractivity (Wildman–Crippen MR) is 161 cm³/mol. The Morgan fingerprint density at radius 1 is 0.850 bits per heavy atom. The van der Waals surface area contributed by atoms with E-state index in [1.807, 2.05) is 36.5 Å². The van der Waals surface area contributed by atoms with Crippen LogP contribution in [-0.2, 0) is 6.61 Å². The van der Waals surface area contributed by atoms with E-state index in [1.165, 1.54) is 22.9 Å². The highest BCUT2D eigenvalue weighted by molar-refractivity contribution is 6.03. The summed E-state index contributed by atoms with van der Waals surface area (Å²) in [6, 6.07) is 36.3. The molecule has 1 N–H and O–H groups in total. The van der Waals surface area contributed by atoms with E-state index in [1.54, 1.807) is 12.1 Å². The number of nitrogens with zero attached hydrogens (tertiary/aromatic N) is 1. The third kappa shape index (κ3) is 4.56. The van der Waals surface area contributed by atoms with E-state index in [4.69, 9.17) is 9.73 Å². The van der Waals surface area contributed by atoms with E-state index < -0.39 is 0 Å². The van der Waals surface area contributed by atoms with Gasteiger partial charge in [0.25, 0.3) is 0 Å². The molecule has 0 spiro atoms. The van der Waals surface area contributed by atoms with Gasteiger partial charge in [0.15, 0.2) is 0 Å². The van der Waals surface area contributed by atoms with E-state index in [0.29, 0.717) is 23.1 Å². The fraction of sp³-hybridized carbons (Fsp3) is 0.139. The van der Waals surface area contributed by atoms with E-state index >= 15 is 0 Å². The molecule has 0 bridgehead atoms. The number of rotatable bonds is 6. The zero-order chi connectivity index (χ0) is 26.9. The molecule has 5 aromatic rings. The molecule has 0 fully saturated rings. The summed E-state index contributed by atoms with van der Waals surface area (Å²) in [5, 5.41) is 5.94. The second kappa shape index (κ2) is 10.5. The average Bonchev–Trinajstić information content (AvgIpc) is 3.50. The second-order valence-corrected chi connectivity index (χ2v) is 10.5. The number of fused-ring (bicyclic) bond motifs is 4. The van der Waals surface area contributed by atoms with Crippen LogP contribution in [0.5, 0.6) is 5.75 Å². The quantitative estimate of drug-likeness (QED) is 0.177. The highest BCUT2D eigenvalue weighted by Gasteiger charge is 2.37. The first-order chi connectivity index (χ1) is 19.7. The topological polar surface area (TPSA) is 33.6 Å². The summed E-state index contributed by atoms with van der Waals surface area (Å²) in [5.74, 6) is 1.37. The summed E-state index contributed by atoms with van der Waals surface area (Å²) in [6.45, 7) is 0.148. The lowest BCUT2D eigenvalue weighted by atomic mass is 9.77. The van der Waals surface area contributed by atoms with Gasteiger partial charge in [-0.25, -0.2) is 4.39 Å². The molecule has 7 rings (SSSR count). The number of nitrogens with one attached hydrogen (secondary N) is 1. The van der Waals surface area contributed by atoms with E-state index in [2.05, 4.69) is 78.1 Å². The standard InChI is InChI=1S/C36H29FN2O/c37-33-14-5-2-9-26(33)23-40-35-21-18-24-8-1-3-10-28(24)32(35)22-38-27-19-16-25(17-20-27)36-31-13-7-12-29(31)30-11-4-6-15-34(30)39-36/h1-12,14-22,29,31,36,39H,13,23H2/t29-,31-,36+/m1/s1. The molecule has 1 aliphatic heterocycles. The van der Waals surface area contributed by atoms with Crippen molar-refractivity contribution in [3.05, 3.63) is 149 Å². The molecule has 0 saturated carbocycles. The number of benzene rings is 5. The van der Waals surface area contributed by atoms with E-state index in [9.17, 15) is 4.39 Å².